The summed E-state index contributed by atoms with van der Waals surface area (Å²) in [6.07, 6.45) is 0. The van der Waals surface area contributed by atoms with Crippen LogP contribution in [0.25, 0.3) is 126 Å². The Bertz CT molecular complexity index is 3770. The standard InChI is InChI=1S/C56H33NO/c1-2-14-36(15-3-1)57-50-24-12-10-17-39(50)49-33-35(27-31-51(49)57)54-44-22-8-6-20-42(44)53(43-21-7-9-23-45(43)54)34-26-28-38-46-29-30-47-40-18-11-13-25-52(40)58-56(47)55(46)41-19-5-4-16-37(41)48(38)32-34/h1-33H. The molecular formula is C56H33NO. The number of benzene rings is 11. The minimum absolute atomic E-state index is 0.922. The fourth-order valence-electron chi connectivity index (χ4n) is 10.1. The number of aromatic nitrogens is 1. The van der Waals surface area contributed by atoms with E-state index in [1.807, 2.05) is 6.07 Å². The maximum atomic E-state index is 6.62. The Morgan fingerprint density at radius 3 is 1.47 bits per heavy atom. The highest BCUT2D eigenvalue weighted by molar-refractivity contribution is 6.33. The van der Waals surface area contributed by atoms with Gasteiger partial charge in [0.15, 0.2) is 0 Å². The van der Waals surface area contributed by atoms with Crippen LogP contribution in [0.1, 0.15) is 0 Å². The highest BCUT2D eigenvalue weighted by atomic mass is 16.3. The Kier molecular flexibility index (Phi) is 6.47. The number of rotatable bonds is 3. The average Bonchev–Trinajstić information content (AvgIpc) is 3.84. The first-order valence-corrected chi connectivity index (χ1v) is 20.0. The summed E-state index contributed by atoms with van der Waals surface area (Å²) in [4.78, 5) is 0. The molecule has 0 amide bonds. The highest BCUT2D eigenvalue weighted by Crippen LogP contribution is 2.47. The van der Waals surface area contributed by atoms with E-state index in [-0.39, 0.29) is 0 Å². The van der Waals surface area contributed by atoms with Gasteiger partial charge in [-0.2, -0.15) is 0 Å². The molecule has 0 N–H and O–H groups in total. The molecule has 0 aliphatic carbocycles. The van der Waals surface area contributed by atoms with Gasteiger partial charge >= 0.3 is 0 Å². The second kappa shape index (κ2) is 11.9. The second-order valence-corrected chi connectivity index (χ2v) is 15.5. The van der Waals surface area contributed by atoms with Crippen molar-refractivity contribution in [2.24, 2.45) is 0 Å². The summed E-state index contributed by atoms with van der Waals surface area (Å²) in [5.41, 5.74) is 10.4. The van der Waals surface area contributed by atoms with Gasteiger partial charge in [0.1, 0.15) is 11.2 Å². The maximum absolute atomic E-state index is 6.62. The van der Waals surface area contributed by atoms with Gasteiger partial charge in [-0.25, -0.2) is 0 Å². The summed E-state index contributed by atoms with van der Waals surface area (Å²) in [5.74, 6) is 0. The van der Waals surface area contributed by atoms with Crippen LogP contribution in [0.5, 0.6) is 0 Å². The normalized spacial score (nSPS) is 12.1. The molecule has 0 aliphatic rings. The minimum Gasteiger partial charge on any atom is -0.455 e. The molecule has 268 valence electrons. The largest absolute Gasteiger partial charge is 0.455 e. The monoisotopic (exact) mass is 735 g/mol. The summed E-state index contributed by atoms with van der Waals surface area (Å²) >= 11 is 0. The van der Waals surface area contributed by atoms with Crippen LogP contribution in [0.15, 0.2) is 205 Å². The van der Waals surface area contributed by atoms with Crippen molar-refractivity contribution in [2.45, 2.75) is 0 Å². The fourth-order valence-corrected chi connectivity index (χ4v) is 10.1. The molecule has 0 atom stereocenters. The van der Waals surface area contributed by atoms with E-state index in [2.05, 4.69) is 199 Å². The van der Waals surface area contributed by atoms with Crippen molar-refractivity contribution in [2.75, 3.05) is 0 Å². The van der Waals surface area contributed by atoms with E-state index in [1.165, 1.54) is 104 Å². The van der Waals surface area contributed by atoms with Crippen LogP contribution in [0.2, 0.25) is 0 Å². The first-order valence-electron chi connectivity index (χ1n) is 20.0. The Labute approximate surface area is 333 Å². The number of fused-ring (bicyclic) bond motifs is 15. The number of hydrogen-bond donors (Lipinski definition) is 0. The lowest BCUT2D eigenvalue weighted by Crippen LogP contribution is -1.93. The summed E-state index contributed by atoms with van der Waals surface area (Å²) in [6.45, 7) is 0. The molecule has 0 spiro atoms. The molecule has 2 aromatic heterocycles. The van der Waals surface area contributed by atoms with E-state index >= 15 is 0 Å². The zero-order valence-electron chi connectivity index (χ0n) is 31.4. The summed E-state index contributed by atoms with van der Waals surface area (Å²) in [7, 11) is 0. The smallest absolute Gasteiger partial charge is 0.143 e. The van der Waals surface area contributed by atoms with Crippen molar-refractivity contribution >= 4 is 97.6 Å². The molecule has 58 heavy (non-hydrogen) atoms. The van der Waals surface area contributed by atoms with Crippen LogP contribution in [0.3, 0.4) is 0 Å². The Hall–Kier alpha value is -7.68. The predicted octanol–water partition coefficient (Wildman–Crippen LogP) is 15.8. The lowest BCUT2D eigenvalue weighted by atomic mass is 9.84. The molecule has 13 rings (SSSR count). The number of para-hydroxylation sites is 3. The predicted molar refractivity (Wildman–Crippen MR) is 246 cm³/mol. The van der Waals surface area contributed by atoms with E-state index in [0.29, 0.717) is 0 Å². The van der Waals surface area contributed by atoms with Gasteiger partial charge in [-0.15, -0.1) is 0 Å². The quantitative estimate of drug-likeness (QED) is 0.131. The Morgan fingerprint density at radius 1 is 0.293 bits per heavy atom. The third kappa shape index (κ3) is 4.32. The molecule has 0 bridgehead atoms. The van der Waals surface area contributed by atoms with Crippen molar-refractivity contribution < 1.29 is 4.42 Å². The lowest BCUT2D eigenvalue weighted by Gasteiger charge is -2.19. The first kappa shape index (κ1) is 31.5. The lowest BCUT2D eigenvalue weighted by molar-refractivity contribution is 0.673. The van der Waals surface area contributed by atoms with Crippen molar-refractivity contribution in [1.82, 2.24) is 4.57 Å². The van der Waals surface area contributed by atoms with Gasteiger partial charge in [0, 0.05) is 32.6 Å². The van der Waals surface area contributed by atoms with Crippen molar-refractivity contribution in [1.29, 1.82) is 0 Å². The van der Waals surface area contributed by atoms with Gasteiger partial charge in [-0.05, 0) is 119 Å². The summed E-state index contributed by atoms with van der Waals surface area (Å²) in [6, 6.07) is 73.3. The zero-order chi connectivity index (χ0) is 37.9. The number of furan rings is 1. The SMILES string of the molecule is c1ccc(-n2c3ccccc3c3cc(-c4c5ccccc5c(-c5ccc6c(c5)c5ccccc5c5c6ccc6c7ccccc7oc65)c5ccccc45)ccc32)cc1. The van der Waals surface area contributed by atoms with Crippen LogP contribution in [-0.4, -0.2) is 4.57 Å². The molecule has 0 saturated carbocycles. The zero-order valence-corrected chi connectivity index (χ0v) is 31.4. The van der Waals surface area contributed by atoms with E-state index in [9.17, 15) is 0 Å². The van der Waals surface area contributed by atoms with Crippen LogP contribution in [-0.2, 0) is 0 Å². The Morgan fingerprint density at radius 2 is 0.759 bits per heavy atom. The molecule has 0 saturated heterocycles. The molecule has 2 nitrogen and oxygen atoms in total. The molecule has 2 heteroatoms. The van der Waals surface area contributed by atoms with Crippen LogP contribution in [0.4, 0.5) is 0 Å². The van der Waals surface area contributed by atoms with Crippen molar-refractivity contribution in [3.63, 3.8) is 0 Å². The van der Waals surface area contributed by atoms with Crippen LogP contribution in [0, 0.1) is 0 Å². The number of nitrogens with zero attached hydrogens (tertiary/aromatic N) is 1. The summed E-state index contributed by atoms with van der Waals surface area (Å²) < 4.78 is 9.01. The molecule has 0 aliphatic heterocycles. The van der Waals surface area contributed by atoms with Crippen LogP contribution >= 0.6 is 0 Å². The molecule has 2 heterocycles. The number of hydrogen-bond acceptors (Lipinski definition) is 1. The highest BCUT2D eigenvalue weighted by Gasteiger charge is 2.21. The third-order valence-electron chi connectivity index (χ3n) is 12.5. The molecule has 11 aromatic carbocycles. The van der Waals surface area contributed by atoms with Crippen LogP contribution < -0.4 is 0 Å². The third-order valence-corrected chi connectivity index (χ3v) is 12.5. The van der Waals surface area contributed by atoms with Gasteiger partial charge in [-0.3, -0.25) is 0 Å². The van der Waals surface area contributed by atoms with E-state index in [4.69, 9.17) is 4.42 Å². The van der Waals surface area contributed by atoms with Crippen molar-refractivity contribution in [3.05, 3.63) is 200 Å². The molecule has 0 radical (unpaired) electrons. The van der Waals surface area contributed by atoms with Gasteiger partial charge in [-0.1, -0.05) is 152 Å². The maximum Gasteiger partial charge on any atom is 0.143 e. The van der Waals surface area contributed by atoms with Gasteiger partial charge in [0.25, 0.3) is 0 Å². The van der Waals surface area contributed by atoms with Crippen molar-refractivity contribution in [3.8, 4) is 27.9 Å². The Balaban J connectivity index is 1.08. The van der Waals surface area contributed by atoms with Gasteiger partial charge in [0.2, 0.25) is 0 Å². The van der Waals surface area contributed by atoms with Gasteiger partial charge < -0.3 is 8.98 Å². The van der Waals surface area contributed by atoms with E-state index < -0.39 is 0 Å². The summed E-state index contributed by atoms with van der Waals surface area (Å²) in [5, 5.41) is 17.1. The molecular weight excluding hydrogens is 703 g/mol. The molecule has 0 fully saturated rings. The average molecular weight is 736 g/mol. The second-order valence-electron chi connectivity index (χ2n) is 15.5. The van der Waals surface area contributed by atoms with Gasteiger partial charge in [0.05, 0.1) is 11.0 Å². The molecule has 13 aromatic rings. The fraction of sp³-hybridized carbons (Fsp3) is 0. The van der Waals surface area contributed by atoms with E-state index in [0.717, 1.165) is 21.9 Å². The van der Waals surface area contributed by atoms with E-state index in [1.54, 1.807) is 0 Å². The minimum atomic E-state index is 0.922. The topological polar surface area (TPSA) is 18.1 Å². The molecule has 0 unspecified atom stereocenters. The first-order chi connectivity index (χ1) is 28.8.